The van der Waals surface area contributed by atoms with Gasteiger partial charge in [-0.1, -0.05) is 0 Å². The number of ether oxygens (including phenoxy) is 2. The number of esters is 1. The first kappa shape index (κ1) is 19.0. The Kier molecular flexibility index (Phi) is 6.07. The molecule has 2 rings (SSSR count). The average Bonchev–Trinajstić information content (AvgIpc) is 2.51. The van der Waals surface area contributed by atoms with Gasteiger partial charge >= 0.3 is 5.97 Å². The van der Waals surface area contributed by atoms with Gasteiger partial charge in [-0.25, -0.2) is 0 Å². The predicted octanol–water partition coefficient (Wildman–Crippen LogP) is 4.30. The van der Waals surface area contributed by atoms with Gasteiger partial charge in [0.15, 0.2) is 0 Å². The molecule has 0 aromatic heterocycles. The van der Waals surface area contributed by atoms with E-state index >= 15 is 0 Å². The molecule has 4 nitrogen and oxygen atoms in total. The standard InChI is InChI=1S/C19H28O4S/c1-6-22-16(20)8-10-24-11-15-13(3)17(21)12(2)14-7-9-19(4,5)23-18(14)15/h21H,6-11H2,1-5H3. The summed E-state index contributed by atoms with van der Waals surface area (Å²) in [6.07, 6.45) is 2.27. The normalized spacial score (nSPS) is 15.5. The topological polar surface area (TPSA) is 55.8 Å². The average molecular weight is 352 g/mol. The molecule has 0 unspecified atom stereocenters. The molecule has 24 heavy (non-hydrogen) atoms. The largest absolute Gasteiger partial charge is 0.507 e. The zero-order valence-electron chi connectivity index (χ0n) is 15.3. The molecule has 134 valence electrons. The fourth-order valence-electron chi connectivity index (χ4n) is 3.00. The number of aromatic hydroxyl groups is 1. The van der Waals surface area contributed by atoms with Gasteiger partial charge in [-0.15, -0.1) is 0 Å². The molecule has 1 aliphatic heterocycles. The summed E-state index contributed by atoms with van der Waals surface area (Å²) in [5.41, 5.74) is 3.80. The van der Waals surface area contributed by atoms with Crippen molar-refractivity contribution >= 4 is 17.7 Å². The zero-order chi connectivity index (χ0) is 17.9. The van der Waals surface area contributed by atoms with Crippen LogP contribution < -0.4 is 4.74 Å². The number of hydrogen-bond donors (Lipinski definition) is 1. The van der Waals surface area contributed by atoms with Gasteiger partial charge in [-0.2, -0.15) is 11.8 Å². The first-order valence-corrected chi connectivity index (χ1v) is 9.68. The molecular formula is C19H28O4S. The van der Waals surface area contributed by atoms with Gasteiger partial charge in [0.2, 0.25) is 0 Å². The minimum Gasteiger partial charge on any atom is -0.507 e. The van der Waals surface area contributed by atoms with E-state index in [0.717, 1.165) is 46.6 Å². The SMILES string of the molecule is CCOC(=O)CCSCc1c(C)c(O)c(C)c2c1OC(C)(C)CC2. The molecule has 0 amide bonds. The van der Waals surface area contributed by atoms with E-state index in [0.29, 0.717) is 24.5 Å². The van der Waals surface area contributed by atoms with Crippen LogP contribution in [0, 0.1) is 13.8 Å². The van der Waals surface area contributed by atoms with E-state index < -0.39 is 0 Å². The highest BCUT2D eigenvalue weighted by atomic mass is 32.2. The number of phenols is 1. The highest BCUT2D eigenvalue weighted by Crippen LogP contribution is 2.44. The van der Waals surface area contributed by atoms with Gasteiger partial charge in [-0.3, -0.25) is 4.79 Å². The Labute approximate surface area is 148 Å². The number of fused-ring (bicyclic) bond motifs is 1. The number of carbonyl (C=O) groups is 1. The number of benzene rings is 1. The minimum absolute atomic E-state index is 0.159. The second-order valence-electron chi connectivity index (χ2n) is 6.85. The molecule has 0 bridgehead atoms. The first-order chi connectivity index (χ1) is 11.3. The summed E-state index contributed by atoms with van der Waals surface area (Å²) < 4.78 is 11.2. The van der Waals surface area contributed by atoms with Crippen molar-refractivity contribution in [2.75, 3.05) is 12.4 Å². The Hall–Kier alpha value is -1.36. The van der Waals surface area contributed by atoms with Crippen molar-refractivity contribution in [1.82, 2.24) is 0 Å². The van der Waals surface area contributed by atoms with Crippen molar-refractivity contribution in [3.63, 3.8) is 0 Å². The third kappa shape index (κ3) is 4.18. The molecule has 1 aliphatic rings. The summed E-state index contributed by atoms with van der Waals surface area (Å²) in [4.78, 5) is 11.4. The number of rotatable bonds is 6. The minimum atomic E-state index is -0.187. The van der Waals surface area contributed by atoms with E-state index in [2.05, 4.69) is 13.8 Å². The molecule has 0 aliphatic carbocycles. The molecule has 0 atom stereocenters. The van der Waals surface area contributed by atoms with Crippen LogP contribution in [0.15, 0.2) is 0 Å². The molecule has 0 saturated heterocycles. The van der Waals surface area contributed by atoms with Gasteiger partial charge in [0, 0.05) is 22.6 Å². The highest BCUT2D eigenvalue weighted by molar-refractivity contribution is 7.98. The maximum Gasteiger partial charge on any atom is 0.306 e. The van der Waals surface area contributed by atoms with Crippen LogP contribution in [0.4, 0.5) is 0 Å². The van der Waals surface area contributed by atoms with Crippen molar-refractivity contribution in [1.29, 1.82) is 0 Å². The van der Waals surface area contributed by atoms with Gasteiger partial charge in [-0.05, 0) is 58.6 Å². The molecule has 1 aromatic rings. The van der Waals surface area contributed by atoms with Gasteiger partial charge < -0.3 is 14.6 Å². The molecule has 1 aromatic carbocycles. The van der Waals surface area contributed by atoms with E-state index in [1.165, 1.54) is 0 Å². The molecule has 1 heterocycles. The molecule has 5 heteroatoms. The van der Waals surface area contributed by atoms with Crippen molar-refractivity contribution in [3.05, 3.63) is 22.3 Å². The summed E-state index contributed by atoms with van der Waals surface area (Å²) in [5, 5.41) is 10.4. The number of phenolic OH excluding ortho intramolecular Hbond substituents is 1. The Morgan fingerprint density at radius 3 is 2.71 bits per heavy atom. The molecular weight excluding hydrogens is 324 g/mol. The highest BCUT2D eigenvalue weighted by Gasteiger charge is 2.31. The molecule has 0 fully saturated rings. The second kappa shape index (κ2) is 7.68. The summed E-state index contributed by atoms with van der Waals surface area (Å²) in [6.45, 7) is 10.3. The van der Waals surface area contributed by atoms with Crippen molar-refractivity contribution in [3.8, 4) is 11.5 Å². The summed E-state index contributed by atoms with van der Waals surface area (Å²) in [5.74, 6) is 2.57. The van der Waals surface area contributed by atoms with Crippen LogP contribution in [0.25, 0.3) is 0 Å². The third-order valence-corrected chi connectivity index (χ3v) is 5.51. The smallest absolute Gasteiger partial charge is 0.306 e. The van der Waals surface area contributed by atoms with E-state index in [4.69, 9.17) is 9.47 Å². The van der Waals surface area contributed by atoms with Gasteiger partial charge in [0.25, 0.3) is 0 Å². The Balaban J connectivity index is 2.17. The van der Waals surface area contributed by atoms with Crippen molar-refractivity contribution < 1.29 is 19.4 Å². The van der Waals surface area contributed by atoms with Gasteiger partial charge in [0.1, 0.15) is 17.1 Å². The van der Waals surface area contributed by atoms with Crippen molar-refractivity contribution in [2.45, 2.75) is 65.2 Å². The predicted molar refractivity (Wildman–Crippen MR) is 98.0 cm³/mol. The number of thioether (sulfide) groups is 1. The fraction of sp³-hybridized carbons (Fsp3) is 0.632. The number of carbonyl (C=O) groups excluding carboxylic acids is 1. The Bertz CT molecular complexity index is 623. The Morgan fingerprint density at radius 1 is 1.33 bits per heavy atom. The quantitative estimate of drug-likeness (QED) is 0.611. The Morgan fingerprint density at radius 2 is 2.04 bits per heavy atom. The van der Waals surface area contributed by atoms with E-state index in [-0.39, 0.29) is 11.6 Å². The summed E-state index contributed by atoms with van der Waals surface area (Å²) in [6, 6.07) is 0. The summed E-state index contributed by atoms with van der Waals surface area (Å²) in [7, 11) is 0. The van der Waals surface area contributed by atoms with E-state index in [1.807, 2.05) is 20.8 Å². The lowest BCUT2D eigenvalue weighted by Crippen LogP contribution is -2.33. The number of hydrogen-bond acceptors (Lipinski definition) is 5. The summed E-state index contributed by atoms with van der Waals surface area (Å²) >= 11 is 1.67. The maximum absolute atomic E-state index is 11.4. The fourth-order valence-corrected chi connectivity index (χ4v) is 4.01. The molecule has 0 radical (unpaired) electrons. The van der Waals surface area contributed by atoms with Crippen LogP contribution >= 0.6 is 11.8 Å². The lowest BCUT2D eigenvalue weighted by atomic mass is 9.88. The molecule has 1 N–H and O–H groups in total. The lowest BCUT2D eigenvalue weighted by Gasteiger charge is -2.35. The maximum atomic E-state index is 11.4. The molecule has 0 saturated carbocycles. The molecule has 0 spiro atoms. The van der Waals surface area contributed by atoms with Crippen LogP contribution in [0.1, 0.15) is 55.9 Å². The van der Waals surface area contributed by atoms with Crippen LogP contribution in [0.5, 0.6) is 11.5 Å². The second-order valence-corrected chi connectivity index (χ2v) is 7.96. The monoisotopic (exact) mass is 352 g/mol. The van der Waals surface area contributed by atoms with Gasteiger partial charge in [0.05, 0.1) is 13.0 Å². The third-order valence-electron chi connectivity index (χ3n) is 4.52. The lowest BCUT2D eigenvalue weighted by molar-refractivity contribution is -0.142. The zero-order valence-corrected chi connectivity index (χ0v) is 16.1. The van der Waals surface area contributed by atoms with E-state index in [1.54, 1.807) is 11.8 Å². The van der Waals surface area contributed by atoms with Crippen LogP contribution in [-0.2, 0) is 21.7 Å². The van der Waals surface area contributed by atoms with Crippen molar-refractivity contribution in [2.24, 2.45) is 0 Å². The van der Waals surface area contributed by atoms with Crippen LogP contribution in [0.3, 0.4) is 0 Å². The first-order valence-electron chi connectivity index (χ1n) is 8.53. The van der Waals surface area contributed by atoms with Crippen LogP contribution in [0.2, 0.25) is 0 Å². The van der Waals surface area contributed by atoms with Crippen LogP contribution in [-0.4, -0.2) is 29.0 Å². The van der Waals surface area contributed by atoms with E-state index in [9.17, 15) is 9.90 Å².